The number of rotatable bonds is 5. The lowest BCUT2D eigenvalue weighted by atomic mass is 9.96. The molecule has 9 heteroatoms. The Morgan fingerprint density at radius 3 is 2.56 bits per heavy atom. The molecule has 3 N–H and O–H groups in total. The number of hydrogen-bond donors (Lipinski definition) is 2. The summed E-state index contributed by atoms with van der Waals surface area (Å²) in [4.78, 5) is 16.3. The van der Waals surface area contributed by atoms with Gasteiger partial charge in [0.15, 0.2) is 5.82 Å². The van der Waals surface area contributed by atoms with Crippen LogP contribution in [0.15, 0.2) is 27.6 Å². The van der Waals surface area contributed by atoms with Crippen molar-refractivity contribution in [3.05, 3.63) is 35.5 Å². The number of hydrogen-bond acceptors (Lipinski definition) is 6. The first-order chi connectivity index (χ1) is 11.5. The average molecular weight is 366 g/mol. The van der Waals surface area contributed by atoms with E-state index < -0.39 is 10.0 Å². The molecule has 1 heterocycles. The largest absolute Gasteiger partial charge is 0.339 e. The summed E-state index contributed by atoms with van der Waals surface area (Å²) in [6.45, 7) is 7.53. The molecule has 2 rings (SSSR count). The first-order valence-electron chi connectivity index (χ1n) is 7.73. The van der Waals surface area contributed by atoms with Crippen molar-refractivity contribution >= 4 is 21.6 Å². The number of carbonyl (C=O) groups is 1. The van der Waals surface area contributed by atoms with Crippen molar-refractivity contribution in [2.45, 2.75) is 50.8 Å². The van der Waals surface area contributed by atoms with Gasteiger partial charge < -0.3 is 9.84 Å². The molecule has 0 spiro atoms. The molecule has 0 aliphatic rings. The van der Waals surface area contributed by atoms with Crippen LogP contribution in [-0.4, -0.2) is 24.5 Å². The van der Waals surface area contributed by atoms with E-state index in [4.69, 9.17) is 9.66 Å². The molecule has 2 aromatic rings. The lowest BCUT2D eigenvalue weighted by Crippen LogP contribution is -2.16. The van der Waals surface area contributed by atoms with Crippen LogP contribution in [0.3, 0.4) is 0 Å². The molecule has 0 unspecified atom stereocenters. The molecule has 1 amide bonds. The van der Waals surface area contributed by atoms with Gasteiger partial charge in [-0.3, -0.25) is 4.79 Å². The SMILES string of the molecule is Cc1ccc(NC(=O)CCc2nc(C(C)(C)C)no2)cc1S(N)(=O)=O. The van der Waals surface area contributed by atoms with Gasteiger partial charge in [-0.2, -0.15) is 4.98 Å². The topological polar surface area (TPSA) is 128 Å². The van der Waals surface area contributed by atoms with E-state index >= 15 is 0 Å². The molecule has 136 valence electrons. The highest BCUT2D eigenvalue weighted by Crippen LogP contribution is 2.20. The van der Waals surface area contributed by atoms with Crippen LogP contribution in [0.2, 0.25) is 0 Å². The first-order valence-corrected chi connectivity index (χ1v) is 9.28. The van der Waals surface area contributed by atoms with Crippen LogP contribution in [0.5, 0.6) is 0 Å². The Balaban J connectivity index is 2.00. The van der Waals surface area contributed by atoms with Crippen molar-refractivity contribution in [3.8, 4) is 0 Å². The van der Waals surface area contributed by atoms with Gasteiger partial charge in [-0.15, -0.1) is 0 Å². The summed E-state index contributed by atoms with van der Waals surface area (Å²) in [6.07, 6.45) is 0.424. The lowest BCUT2D eigenvalue weighted by molar-refractivity contribution is -0.116. The van der Waals surface area contributed by atoms with E-state index in [0.717, 1.165) is 0 Å². The maximum Gasteiger partial charge on any atom is 0.238 e. The monoisotopic (exact) mass is 366 g/mol. The molecule has 0 aliphatic carbocycles. The maximum absolute atomic E-state index is 12.1. The lowest BCUT2D eigenvalue weighted by Gasteiger charge is -2.10. The van der Waals surface area contributed by atoms with Gasteiger partial charge in [0.25, 0.3) is 0 Å². The molecule has 0 saturated carbocycles. The number of benzene rings is 1. The molecule has 0 saturated heterocycles. The Labute approximate surface area is 146 Å². The highest BCUT2D eigenvalue weighted by molar-refractivity contribution is 7.89. The zero-order chi connectivity index (χ0) is 18.8. The number of carbonyl (C=O) groups excluding carboxylic acids is 1. The van der Waals surface area contributed by atoms with E-state index in [0.29, 0.717) is 29.4 Å². The zero-order valence-electron chi connectivity index (χ0n) is 14.7. The molecule has 1 aromatic heterocycles. The summed E-state index contributed by atoms with van der Waals surface area (Å²) in [5.41, 5.74) is 0.650. The Bertz CT molecular complexity index is 882. The minimum atomic E-state index is -3.84. The molecular weight excluding hydrogens is 344 g/mol. The minimum Gasteiger partial charge on any atom is -0.339 e. The molecule has 0 atom stereocenters. The smallest absolute Gasteiger partial charge is 0.238 e. The normalized spacial score (nSPS) is 12.2. The van der Waals surface area contributed by atoms with E-state index in [-0.39, 0.29) is 22.6 Å². The van der Waals surface area contributed by atoms with Gasteiger partial charge in [0.2, 0.25) is 21.8 Å². The molecule has 0 radical (unpaired) electrons. The number of anilines is 1. The fourth-order valence-corrected chi connectivity index (χ4v) is 2.90. The Morgan fingerprint density at radius 2 is 2.00 bits per heavy atom. The summed E-state index contributed by atoms with van der Waals surface area (Å²) in [6, 6.07) is 4.54. The van der Waals surface area contributed by atoms with Gasteiger partial charge >= 0.3 is 0 Å². The molecule has 25 heavy (non-hydrogen) atoms. The fraction of sp³-hybridized carbons (Fsp3) is 0.438. The Hall–Kier alpha value is -2.26. The highest BCUT2D eigenvalue weighted by Gasteiger charge is 2.21. The number of nitrogens with zero attached hydrogens (tertiary/aromatic N) is 2. The molecule has 0 aliphatic heterocycles. The van der Waals surface area contributed by atoms with Crippen LogP contribution in [0, 0.1) is 6.92 Å². The predicted octanol–water partition coefficient (Wildman–Crippen LogP) is 1.89. The summed E-state index contributed by atoms with van der Waals surface area (Å²) < 4.78 is 28.2. The van der Waals surface area contributed by atoms with Crippen molar-refractivity contribution < 1.29 is 17.7 Å². The van der Waals surface area contributed by atoms with Crippen molar-refractivity contribution in [2.24, 2.45) is 5.14 Å². The van der Waals surface area contributed by atoms with Crippen molar-refractivity contribution in [2.75, 3.05) is 5.32 Å². The van der Waals surface area contributed by atoms with Gasteiger partial charge in [-0.05, 0) is 24.6 Å². The van der Waals surface area contributed by atoms with Gasteiger partial charge in [-0.1, -0.05) is 32.0 Å². The summed E-state index contributed by atoms with van der Waals surface area (Å²) in [7, 11) is -3.84. The van der Waals surface area contributed by atoms with Gasteiger partial charge in [0.1, 0.15) is 0 Å². The minimum absolute atomic E-state index is 0.0166. The number of nitrogens with one attached hydrogen (secondary N) is 1. The summed E-state index contributed by atoms with van der Waals surface area (Å²) >= 11 is 0. The van der Waals surface area contributed by atoms with Gasteiger partial charge in [0, 0.05) is 23.9 Å². The Kier molecular flexibility index (Phi) is 5.28. The van der Waals surface area contributed by atoms with Crippen LogP contribution in [-0.2, 0) is 26.7 Å². The number of sulfonamides is 1. The van der Waals surface area contributed by atoms with Crippen LogP contribution in [0.1, 0.15) is 44.5 Å². The number of amides is 1. The Morgan fingerprint density at radius 1 is 1.32 bits per heavy atom. The quantitative estimate of drug-likeness (QED) is 0.831. The number of aromatic nitrogens is 2. The zero-order valence-corrected chi connectivity index (χ0v) is 15.5. The number of aryl methyl sites for hydroxylation is 2. The third-order valence-corrected chi connectivity index (χ3v) is 4.54. The van der Waals surface area contributed by atoms with Crippen LogP contribution in [0.25, 0.3) is 0 Å². The maximum atomic E-state index is 12.1. The standard InChI is InChI=1S/C16H22N4O4S/c1-10-5-6-11(9-12(10)25(17,22)23)18-13(21)7-8-14-19-15(20-24-14)16(2,3)4/h5-6,9H,7-8H2,1-4H3,(H,18,21)(H2,17,22,23). The predicted molar refractivity (Wildman–Crippen MR) is 92.5 cm³/mol. The third-order valence-electron chi connectivity index (χ3n) is 3.48. The van der Waals surface area contributed by atoms with E-state index in [2.05, 4.69) is 15.5 Å². The molecular formula is C16H22N4O4S. The summed E-state index contributed by atoms with van der Waals surface area (Å²) in [5.74, 6) is 0.674. The van der Waals surface area contributed by atoms with Crippen molar-refractivity contribution in [1.29, 1.82) is 0 Å². The second-order valence-corrected chi connectivity index (χ2v) is 8.37. The van der Waals surface area contributed by atoms with E-state index in [1.54, 1.807) is 19.1 Å². The third kappa shape index (κ3) is 5.10. The van der Waals surface area contributed by atoms with Crippen LogP contribution >= 0.6 is 0 Å². The van der Waals surface area contributed by atoms with Crippen molar-refractivity contribution in [3.63, 3.8) is 0 Å². The van der Waals surface area contributed by atoms with E-state index in [1.165, 1.54) is 6.07 Å². The summed E-state index contributed by atoms with van der Waals surface area (Å²) in [5, 5.41) is 11.7. The fourth-order valence-electron chi connectivity index (χ4n) is 2.09. The van der Waals surface area contributed by atoms with Gasteiger partial charge in [0.05, 0.1) is 4.90 Å². The number of nitrogens with two attached hydrogens (primary N) is 1. The van der Waals surface area contributed by atoms with Gasteiger partial charge in [-0.25, -0.2) is 13.6 Å². The molecule has 8 nitrogen and oxygen atoms in total. The average Bonchev–Trinajstić information content (AvgIpc) is 2.95. The highest BCUT2D eigenvalue weighted by atomic mass is 32.2. The first kappa shape index (κ1) is 19.1. The number of primary sulfonamides is 1. The second kappa shape index (κ2) is 6.93. The van der Waals surface area contributed by atoms with Crippen molar-refractivity contribution in [1.82, 2.24) is 10.1 Å². The molecule has 1 aromatic carbocycles. The van der Waals surface area contributed by atoms with E-state index in [9.17, 15) is 13.2 Å². The molecule has 0 bridgehead atoms. The second-order valence-electron chi connectivity index (χ2n) is 6.84. The van der Waals surface area contributed by atoms with Crippen LogP contribution in [0.4, 0.5) is 5.69 Å². The van der Waals surface area contributed by atoms with E-state index in [1.807, 2.05) is 20.8 Å². The molecule has 0 fully saturated rings. The van der Waals surface area contributed by atoms with Crippen LogP contribution < -0.4 is 10.5 Å².